The summed E-state index contributed by atoms with van der Waals surface area (Å²) in [5.41, 5.74) is 4.49. The van der Waals surface area contributed by atoms with Crippen LogP contribution >= 0.6 is 0 Å². The molecule has 8 heteroatoms. The van der Waals surface area contributed by atoms with E-state index in [2.05, 4.69) is 15.4 Å². The Labute approximate surface area is 163 Å². The van der Waals surface area contributed by atoms with Crippen LogP contribution in [-0.4, -0.2) is 37.2 Å². The van der Waals surface area contributed by atoms with Gasteiger partial charge in [0.15, 0.2) is 0 Å². The highest BCUT2D eigenvalue weighted by Gasteiger charge is 2.13. The number of rotatable bonds is 6. The number of hydrazone groups is 1. The molecule has 0 aliphatic carbocycles. The van der Waals surface area contributed by atoms with Gasteiger partial charge in [-0.3, -0.25) is 14.9 Å². The van der Waals surface area contributed by atoms with Crippen LogP contribution in [0.5, 0.6) is 5.75 Å². The number of anilines is 1. The molecular weight excluding hydrogens is 360 g/mol. The number of amides is 1. The lowest BCUT2D eigenvalue weighted by Crippen LogP contribution is -2.29. The number of nitrogens with one attached hydrogen (secondary N) is 1. The molecule has 0 spiro atoms. The van der Waals surface area contributed by atoms with Crippen molar-refractivity contribution >= 4 is 23.5 Å². The Kier molecular flexibility index (Phi) is 6.21. The van der Waals surface area contributed by atoms with Gasteiger partial charge in [-0.15, -0.1) is 0 Å². The molecule has 0 aromatic heterocycles. The van der Waals surface area contributed by atoms with Crippen LogP contribution in [0.2, 0.25) is 0 Å². The van der Waals surface area contributed by atoms with Crippen molar-refractivity contribution in [2.75, 3.05) is 25.1 Å². The molecule has 1 N–H and O–H groups in total. The first kappa shape index (κ1) is 19.3. The standard InChI is InChI=1S/C20H22N4O4/c1-28-19-13-18(23-11-3-2-4-12-23)10-7-16(19)14-21-22-20(25)15-5-8-17(9-6-15)24(26)27/h5-10,13-14H,2-4,11-12H2,1H3,(H,22,25)/b21-14-. The van der Waals surface area contributed by atoms with E-state index in [0.29, 0.717) is 5.75 Å². The Bertz CT molecular complexity index is 874. The first-order valence-electron chi connectivity index (χ1n) is 9.09. The van der Waals surface area contributed by atoms with E-state index in [1.807, 2.05) is 18.2 Å². The summed E-state index contributed by atoms with van der Waals surface area (Å²) in [6.45, 7) is 2.09. The number of nitrogens with zero attached hydrogens (tertiary/aromatic N) is 3. The molecule has 0 radical (unpaired) electrons. The van der Waals surface area contributed by atoms with Crippen LogP contribution in [0, 0.1) is 10.1 Å². The van der Waals surface area contributed by atoms with Gasteiger partial charge in [-0.25, -0.2) is 5.43 Å². The van der Waals surface area contributed by atoms with Gasteiger partial charge in [0.25, 0.3) is 11.6 Å². The number of hydrogen-bond acceptors (Lipinski definition) is 6. The van der Waals surface area contributed by atoms with E-state index in [0.717, 1.165) is 24.3 Å². The molecule has 28 heavy (non-hydrogen) atoms. The van der Waals surface area contributed by atoms with Gasteiger partial charge in [-0.2, -0.15) is 5.10 Å². The second-order valence-electron chi connectivity index (χ2n) is 6.48. The average molecular weight is 382 g/mol. The summed E-state index contributed by atoms with van der Waals surface area (Å²) < 4.78 is 5.46. The second-order valence-corrected chi connectivity index (χ2v) is 6.48. The van der Waals surface area contributed by atoms with Gasteiger partial charge in [-0.05, 0) is 43.5 Å². The summed E-state index contributed by atoms with van der Waals surface area (Å²) in [5, 5.41) is 14.6. The first-order valence-corrected chi connectivity index (χ1v) is 9.09. The Hall–Kier alpha value is -3.42. The molecule has 0 bridgehead atoms. The lowest BCUT2D eigenvalue weighted by Gasteiger charge is -2.29. The van der Waals surface area contributed by atoms with Crippen molar-refractivity contribution < 1.29 is 14.5 Å². The molecule has 0 unspecified atom stereocenters. The molecule has 146 valence electrons. The number of piperidine rings is 1. The van der Waals surface area contributed by atoms with Crippen LogP contribution in [0.4, 0.5) is 11.4 Å². The predicted molar refractivity (Wildman–Crippen MR) is 107 cm³/mol. The highest BCUT2D eigenvalue weighted by molar-refractivity contribution is 5.95. The summed E-state index contributed by atoms with van der Waals surface area (Å²) in [4.78, 5) is 24.6. The minimum Gasteiger partial charge on any atom is -0.496 e. The number of nitro groups is 1. The molecule has 3 rings (SSSR count). The van der Waals surface area contributed by atoms with E-state index in [9.17, 15) is 14.9 Å². The summed E-state index contributed by atoms with van der Waals surface area (Å²) in [7, 11) is 1.60. The minimum atomic E-state index is -0.514. The maximum atomic E-state index is 12.1. The van der Waals surface area contributed by atoms with Crippen molar-refractivity contribution in [2.45, 2.75) is 19.3 Å². The van der Waals surface area contributed by atoms with E-state index in [4.69, 9.17) is 4.74 Å². The highest BCUT2D eigenvalue weighted by Crippen LogP contribution is 2.26. The lowest BCUT2D eigenvalue weighted by atomic mass is 10.1. The Balaban J connectivity index is 1.65. The second kappa shape index (κ2) is 8.98. The quantitative estimate of drug-likeness (QED) is 0.469. The van der Waals surface area contributed by atoms with E-state index in [1.165, 1.54) is 49.7 Å². The zero-order chi connectivity index (χ0) is 19.9. The average Bonchev–Trinajstić information content (AvgIpc) is 2.74. The van der Waals surface area contributed by atoms with E-state index in [1.54, 1.807) is 7.11 Å². The Morgan fingerprint density at radius 1 is 1.18 bits per heavy atom. The zero-order valence-corrected chi connectivity index (χ0v) is 15.6. The molecule has 2 aromatic rings. The minimum absolute atomic E-state index is 0.0708. The number of hydrogen-bond donors (Lipinski definition) is 1. The number of methoxy groups -OCH3 is 1. The number of non-ortho nitro benzene ring substituents is 1. The molecule has 2 aromatic carbocycles. The van der Waals surface area contributed by atoms with Crippen molar-refractivity contribution in [3.63, 3.8) is 0 Å². The van der Waals surface area contributed by atoms with Crippen LogP contribution in [0.15, 0.2) is 47.6 Å². The molecule has 1 saturated heterocycles. The summed E-state index contributed by atoms with van der Waals surface area (Å²) in [6.07, 6.45) is 5.18. The lowest BCUT2D eigenvalue weighted by molar-refractivity contribution is -0.384. The van der Waals surface area contributed by atoms with Gasteiger partial charge in [0.05, 0.1) is 18.2 Å². The molecule has 1 heterocycles. The normalized spacial score (nSPS) is 14.1. The fourth-order valence-electron chi connectivity index (χ4n) is 3.11. The monoisotopic (exact) mass is 382 g/mol. The SMILES string of the molecule is COc1cc(N2CCCCC2)ccc1/C=N\NC(=O)c1ccc([N+](=O)[O-])cc1. The molecular formula is C20H22N4O4. The van der Waals surface area contributed by atoms with Crippen LogP contribution in [0.25, 0.3) is 0 Å². The molecule has 1 aliphatic heterocycles. The van der Waals surface area contributed by atoms with Crippen molar-refractivity contribution in [1.82, 2.24) is 5.43 Å². The molecule has 1 fully saturated rings. The molecule has 0 atom stereocenters. The molecule has 1 amide bonds. The number of carbonyl (C=O) groups is 1. The number of carbonyl (C=O) groups excluding carboxylic acids is 1. The third-order valence-electron chi connectivity index (χ3n) is 4.65. The summed E-state index contributed by atoms with van der Waals surface area (Å²) >= 11 is 0. The maximum Gasteiger partial charge on any atom is 0.271 e. The fraction of sp³-hybridized carbons (Fsp3) is 0.300. The zero-order valence-electron chi connectivity index (χ0n) is 15.6. The van der Waals surface area contributed by atoms with Gasteiger partial charge in [0.2, 0.25) is 0 Å². The molecule has 1 aliphatic rings. The third kappa shape index (κ3) is 4.64. The molecule has 8 nitrogen and oxygen atoms in total. The maximum absolute atomic E-state index is 12.1. The Morgan fingerprint density at radius 2 is 1.89 bits per heavy atom. The topological polar surface area (TPSA) is 97.1 Å². The van der Waals surface area contributed by atoms with Crippen molar-refractivity contribution in [2.24, 2.45) is 5.10 Å². The van der Waals surface area contributed by atoms with Gasteiger partial charge in [-0.1, -0.05) is 0 Å². The smallest absolute Gasteiger partial charge is 0.271 e. The van der Waals surface area contributed by atoms with Crippen LogP contribution < -0.4 is 15.1 Å². The first-order chi connectivity index (χ1) is 13.6. The van der Waals surface area contributed by atoms with Crippen LogP contribution in [0.1, 0.15) is 35.2 Å². The summed E-state index contributed by atoms with van der Waals surface area (Å²) in [5.74, 6) is 0.228. The van der Waals surface area contributed by atoms with Gasteiger partial charge >= 0.3 is 0 Å². The van der Waals surface area contributed by atoms with E-state index < -0.39 is 10.8 Å². The Morgan fingerprint density at radius 3 is 2.54 bits per heavy atom. The van der Waals surface area contributed by atoms with Crippen molar-refractivity contribution in [3.8, 4) is 5.75 Å². The summed E-state index contributed by atoms with van der Waals surface area (Å²) in [6, 6.07) is 11.2. The number of nitro benzene ring substituents is 1. The van der Waals surface area contributed by atoms with Crippen LogP contribution in [-0.2, 0) is 0 Å². The molecule has 0 saturated carbocycles. The largest absolute Gasteiger partial charge is 0.496 e. The van der Waals surface area contributed by atoms with Crippen molar-refractivity contribution in [1.29, 1.82) is 0 Å². The van der Waals surface area contributed by atoms with Gasteiger partial charge < -0.3 is 9.64 Å². The highest BCUT2D eigenvalue weighted by atomic mass is 16.6. The van der Waals surface area contributed by atoms with Crippen molar-refractivity contribution in [3.05, 3.63) is 63.7 Å². The predicted octanol–water partition coefficient (Wildman–Crippen LogP) is 3.36. The third-order valence-corrected chi connectivity index (χ3v) is 4.65. The van der Waals surface area contributed by atoms with Crippen LogP contribution in [0.3, 0.4) is 0 Å². The van der Waals surface area contributed by atoms with E-state index >= 15 is 0 Å². The van der Waals surface area contributed by atoms with Gasteiger partial charge in [0, 0.05) is 48.1 Å². The number of ether oxygens (including phenoxy) is 1. The number of benzene rings is 2. The fourth-order valence-corrected chi connectivity index (χ4v) is 3.11. The van der Waals surface area contributed by atoms with Gasteiger partial charge in [0.1, 0.15) is 5.75 Å². The van der Waals surface area contributed by atoms with E-state index in [-0.39, 0.29) is 11.3 Å².